The number of aryl methyl sites for hydroxylation is 1. The number of aromatic amines is 1. The number of aromatic nitrogens is 1. The van der Waals surface area contributed by atoms with Gasteiger partial charge in [0.1, 0.15) is 5.75 Å². The first kappa shape index (κ1) is 11.1. The molecular weight excluding hydrogens is 230 g/mol. The van der Waals surface area contributed by atoms with Crippen LogP contribution in [0.15, 0.2) is 18.2 Å². The summed E-state index contributed by atoms with van der Waals surface area (Å²) >= 11 is 0. The van der Waals surface area contributed by atoms with Crippen molar-refractivity contribution in [2.75, 3.05) is 0 Å². The SMILES string of the molecule is O=C(O)CC1CCCc2c1[nH]c1ccc(O)cc21. The predicted molar refractivity (Wildman–Crippen MR) is 67.9 cm³/mol. The molecule has 1 unspecified atom stereocenters. The van der Waals surface area contributed by atoms with E-state index in [0.717, 1.165) is 35.9 Å². The Bertz CT molecular complexity index is 615. The fraction of sp³-hybridized carbons (Fsp3) is 0.357. The molecule has 4 nitrogen and oxygen atoms in total. The van der Waals surface area contributed by atoms with E-state index in [0.29, 0.717) is 0 Å². The zero-order valence-corrected chi connectivity index (χ0v) is 9.94. The van der Waals surface area contributed by atoms with Gasteiger partial charge < -0.3 is 15.2 Å². The van der Waals surface area contributed by atoms with Gasteiger partial charge in [-0.3, -0.25) is 4.79 Å². The molecule has 0 aliphatic heterocycles. The number of H-pyrrole nitrogens is 1. The van der Waals surface area contributed by atoms with Gasteiger partial charge in [-0.25, -0.2) is 0 Å². The normalized spacial score (nSPS) is 18.8. The molecule has 0 amide bonds. The quantitative estimate of drug-likeness (QED) is 0.761. The third-order valence-electron chi connectivity index (χ3n) is 3.73. The molecule has 94 valence electrons. The number of nitrogens with one attached hydrogen (secondary N) is 1. The molecule has 0 spiro atoms. The number of carboxylic acids is 1. The van der Waals surface area contributed by atoms with Gasteiger partial charge in [-0.05, 0) is 43.0 Å². The van der Waals surface area contributed by atoms with Crippen LogP contribution in [-0.2, 0) is 11.2 Å². The van der Waals surface area contributed by atoms with Crippen LogP contribution < -0.4 is 0 Å². The van der Waals surface area contributed by atoms with Crippen molar-refractivity contribution >= 4 is 16.9 Å². The Kier molecular flexibility index (Phi) is 2.51. The third kappa shape index (κ3) is 1.74. The van der Waals surface area contributed by atoms with Crippen molar-refractivity contribution in [3.8, 4) is 5.75 Å². The van der Waals surface area contributed by atoms with Crippen LogP contribution in [0.25, 0.3) is 10.9 Å². The minimum Gasteiger partial charge on any atom is -0.508 e. The summed E-state index contributed by atoms with van der Waals surface area (Å²) in [6.45, 7) is 0. The molecule has 1 heterocycles. The predicted octanol–water partition coefficient (Wildman–Crippen LogP) is 2.77. The Morgan fingerprint density at radius 2 is 2.28 bits per heavy atom. The molecule has 3 N–H and O–H groups in total. The summed E-state index contributed by atoms with van der Waals surface area (Å²) in [5.41, 5.74) is 3.21. The average Bonchev–Trinajstić information content (AvgIpc) is 2.68. The van der Waals surface area contributed by atoms with Crippen molar-refractivity contribution < 1.29 is 15.0 Å². The van der Waals surface area contributed by atoms with Crippen LogP contribution in [-0.4, -0.2) is 21.2 Å². The molecule has 2 aromatic rings. The maximum Gasteiger partial charge on any atom is 0.304 e. The van der Waals surface area contributed by atoms with Crippen molar-refractivity contribution in [1.82, 2.24) is 4.98 Å². The second-order valence-corrected chi connectivity index (χ2v) is 4.93. The van der Waals surface area contributed by atoms with Crippen LogP contribution in [0.4, 0.5) is 0 Å². The zero-order chi connectivity index (χ0) is 12.7. The molecular formula is C14H15NO3. The van der Waals surface area contributed by atoms with Crippen LogP contribution in [0.3, 0.4) is 0 Å². The molecule has 0 fully saturated rings. The first-order chi connectivity index (χ1) is 8.65. The zero-order valence-electron chi connectivity index (χ0n) is 9.94. The average molecular weight is 245 g/mol. The van der Waals surface area contributed by atoms with Gasteiger partial charge in [0.05, 0.1) is 6.42 Å². The number of carbonyl (C=O) groups is 1. The fourth-order valence-electron chi connectivity index (χ4n) is 2.96. The first-order valence-corrected chi connectivity index (χ1v) is 6.20. The van der Waals surface area contributed by atoms with Crippen molar-refractivity contribution in [2.45, 2.75) is 31.6 Å². The van der Waals surface area contributed by atoms with E-state index in [2.05, 4.69) is 4.98 Å². The number of phenolic OH excluding ortho intramolecular Hbond substituents is 1. The van der Waals surface area contributed by atoms with Gasteiger partial charge in [0.15, 0.2) is 0 Å². The highest BCUT2D eigenvalue weighted by Crippen LogP contribution is 2.38. The Hall–Kier alpha value is -1.97. The van der Waals surface area contributed by atoms with Crippen molar-refractivity contribution in [3.05, 3.63) is 29.5 Å². The number of fused-ring (bicyclic) bond motifs is 3. The maximum atomic E-state index is 10.9. The highest BCUT2D eigenvalue weighted by Gasteiger charge is 2.26. The second kappa shape index (κ2) is 4.05. The molecule has 4 heteroatoms. The first-order valence-electron chi connectivity index (χ1n) is 6.20. The summed E-state index contributed by atoms with van der Waals surface area (Å²) in [5, 5.41) is 19.5. The summed E-state index contributed by atoms with van der Waals surface area (Å²) in [6.07, 6.45) is 3.05. The van der Waals surface area contributed by atoms with Crippen LogP contribution in [0.2, 0.25) is 0 Å². The topological polar surface area (TPSA) is 73.3 Å². The van der Waals surface area contributed by atoms with E-state index in [4.69, 9.17) is 5.11 Å². The summed E-state index contributed by atoms with van der Waals surface area (Å²) in [5.74, 6) is -0.431. The van der Waals surface area contributed by atoms with Crippen LogP contribution in [0, 0.1) is 0 Å². The standard InChI is InChI=1S/C14H15NO3/c16-9-4-5-12-11(7-9)10-3-1-2-8(6-13(17)18)14(10)15-12/h4-5,7-8,15-16H,1-3,6H2,(H,17,18). The van der Waals surface area contributed by atoms with E-state index in [-0.39, 0.29) is 18.1 Å². The van der Waals surface area contributed by atoms with Gasteiger partial charge in [0, 0.05) is 22.5 Å². The van der Waals surface area contributed by atoms with E-state index >= 15 is 0 Å². The number of hydrogen-bond acceptors (Lipinski definition) is 2. The molecule has 1 aromatic heterocycles. The number of aromatic hydroxyl groups is 1. The Morgan fingerprint density at radius 3 is 3.06 bits per heavy atom. The van der Waals surface area contributed by atoms with Gasteiger partial charge in [-0.2, -0.15) is 0 Å². The lowest BCUT2D eigenvalue weighted by atomic mass is 9.85. The molecule has 3 rings (SSSR count). The van der Waals surface area contributed by atoms with Crippen LogP contribution in [0.5, 0.6) is 5.75 Å². The van der Waals surface area contributed by atoms with E-state index in [1.165, 1.54) is 5.56 Å². The summed E-state index contributed by atoms with van der Waals surface area (Å²) in [6, 6.07) is 5.26. The van der Waals surface area contributed by atoms with Gasteiger partial charge in [-0.15, -0.1) is 0 Å². The minimum atomic E-state index is -0.755. The van der Waals surface area contributed by atoms with Gasteiger partial charge in [0.2, 0.25) is 0 Å². The number of phenols is 1. The maximum absolute atomic E-state index is 10.9. The summed E-state index contributed by atoms with van der Waals surface area (Å²) in [7, 11) is 0. The Labute approximate surface area is 104 Å². The van der Waals surface area contributed by atoms with Gasteiger partial charge in [-0.1, -0.05) is 0 Å². The monoisotopic (exact) mass is 245 g/mol. The largest absolute Gasteiger partial charge is 0.508 e. The molecule has 1 atom stereocenters. The molecule has 1 aromatic carbocycles. The third-order valence-corrected chi connectivity index (χ3v) is 3.73. The van der Waals surface area contributed by atoms with E-state index in [9.17, 15) is 9.90 Å². The van der Waals surface area contributed by atoms with E-state index in [1.807, 2.05) is 6.07 Å². The Morgan fingerprint density at radius 1 is 1.44 bits per heavy atom. The number of benzene rings is 1. The van der Waals surface area contributed by atoms with Gasteiger partial charge in [0.25, 0.3) is 0 Å². The van der Waals surface area contributed by atoms with E-state index < -0.39 is 5.97 Å². The lowest BCUT2D eigenvalue weighted by Crippen LogP contribution is -2.13. The fourth-order valence-corrected chi connectivity index (χ4v) is 2.96. The smallest absolute Gasteiger partial charge is 0.304 e. The van der Waals surface area contributed by atoms with Crippen molar-refractivity contribution in [3.63, 3.8) is 0 Å². The number of aliphatic carboxylic acids is 1. The minimum absolute atomic E-state index is 0.0702. The molecule has 0 radical (unpaired) electrons. The van der Waals surface area contributed by atoms with Gasteiger partial charge >= 0.3 is 5.97 Å². The molecule has 0 bridgehead atoms. The summed E-state index contributed by atoms with van der Waals surface area (Å²) in [4.78, 5) is 14.2. The molecule has 1 aliphatic carbocycles. The van der Waals surface area contributed by atoms with Crippen molar-refractivity contribution in [2.24, 2.45) is 0 Å². The van der Waals surface area contributed by atoms with Crippen molar-refractivity contribution in [1.29, 1.82) is 0 Å². The molecule has 18 heavy (non-hydrogen) atoms. The highest BCUT2D eigenvalue weighted by molar-refractivity contribution is 5.86. The molecule has 0 saturated carbocycles. The van der Waals surface area contributed by atoms with Crippen LogP contribution >= 0.6 is 0 Å². The highest BCUT2D eigenvalue weighted by atomic mass is 16.4. The number of carboxylic acid groups (broad SMARTS) is 1. The number of hydrogen-bond donors (Lipinski definition) is 3. The lowest BCUT2D eigenvalue weighted by Gasteiger charge is -2.20. The lowest BCUT2D eigenvalue weighted by molar-refractivity contribution is -0.137. The Balaban J connectivity index is 2.12. The van der Waals surface area contributed by atoms with E-state index in [1.54, 1.807) is 12.1 Å². The van der Waals surface area contributed by atoms with Crippen LogP contribution in [0.1, 0.15) is 36.4 Å². The molecule has 0 saturated heterocycles. The molecule has 1 aliphatic rings. The summed E-state index contributed by atoms with van der Waals surface area (Å²) < 4.78 is 0. The number of rotatable bonds is 2. The second-order valence-electron chi connectivity index (χ2n) is 4.93.